The van der Waals surface area contributed by atoms with E-state index >= 15 is 0 Å². The minimum Gasteiger partial charge on any atom is -0.471 e. The number of hydrogen-bond donors (Lipinski definition) is 2. The van der Waals surface area contributed by atoms with Crippen molar-refractivity contribution in [3.63, 3.8) is 0 Å². The number of alkyl halides is 6. The number of primary amides is 1. The molecule has 5 aromatic rings. The molecule has 0 aliphatic carbocycles. The quantitative estimate of drug-likeness (QED) is 0.226. The highest BCUT2D eigenvalue weighted by molar-refractivity contribution is 7.21. The van der Waals surface area contributed by atoms with Crippen LogP contribution in [-0.2, 0) is 26.1 Å². The smallest absolute Gasteiger partial charge is 0.433 e. The third-order valence-corrected chi connectivity index (χ3v) is 7.44. The average Bonchev–Trinajstić information content (AvgIpc) is 3.64. The molecule has 0 radical (unpaired) electrons. The molecule has 17 heteroatoms. The molecule has 0 bridgehead atoms. The number of nitrogens with zero attached hydrogens (tertiary/aromatic N) is 5. The van der Waals surface area contributed by atoms with Crippen molar-refractivity contribution in [2.75, 3.05) is 5.32 Å². The van der Waals surface area contributed by atoms with Crippen LogP contribution < -0.4 is 15.8 Å². The maximum atomic E-state index is 13.7. The van der Waals surface area contributed by atoms with E-state index in [9.17, 15) is 35.9 Å². The summed E-state index contributed by atoms with van der Waals surface area (Å²) in [5.41, 5.74) is 3.87. The number of benzene rings is 1. The van der Waals surface area contributed by atoms with Gasteiger partial charge in [-0.1, -0.05) is 6.07 Å². The number of hydrogen-bond acceptors (Lipinski definition) is 7. The Hall–Kier alpha value is -4.93. The fourth-order valence-corrected chi connectivity index (χ4v) is 5.15. The van der Waals surface area contributed by atoms with Crippen molar-refractivity contribution in [2.45, 2.75) is 26.0 Å². The summed E-state index contributed by atoms with van der Waals surface area (Å²) in [5, 5.41) is 10.7. The molecule has 4 heterocycles. The maximum Gasteiger partial charge on any atom is 0.433 e. The zero-order valence-corrected chi connectivity index (χ0v) is 22.9. The summed E-state index contributed by atoms with van der Waals surface area (Å²) in [6, 6.07) is 6.27. The molecule has 0 saturated heterocycles. The van der Waals surface area contributed by atoms with Crippen LogP contribution in [0.2, 0.25) is 0 Å². The zero-order chi connectivity index (χ0) is 31.3. The van der Waals surface area contributed by atoms with Gasteiger partial charge in [0.15, 0.2) is 12.4 Å². The second-order valence-corrected chi connectivity index (χ2v) is 10.2. The number of anilines is 1. The second-order valence-electron chi connectivity index (χ2n) is 9.16. The van der Waals surface area contributed by atoms with Crippen LogP contribution >= 0.6 is 11.3 Å². The highest BCUT2D eigenvalue weighted by Crippen LogP contribution is 2.44. The van der Waals surface area contributed by atoms with Crippen LogP contribution in [0.5, 0.6) is 5.75 Å². The molecule has 0 aliphatic heterocycles. The van der Waals surface area contributed by atoms with Crippen molar-refractivity contribution in [1.82, 2.24) is 24.5 Å². The topological polar surface area (TPSA) is 130 Å². The largest absolute Gasteiger partial charge is 0.471 e. The Balaban J connectivity index is 1.48. The van der Waals surface area contributed by atoms with E-state index in [0.717, 1.165) is 22.9 Å². The molecule has 0 fully saturated rings. The standard InChI is InChI=1S/C26H19F6N7O3S/c1-12-16(10-34-38(12)2)15-9-18(26(30,31)32)35-24-19(15)20(21(43-24)22(33)40)36-23(41)17-6-7-39(37-17)11-42-14-5-3-4-13(8-14)25(27,28)29/h3-10H,11H2,1-2H3,(H2,33,40)(H,36,41). The predicted octanol–water partition coefficient (Wildman–Crippen LogP) is 5.63. The summed E-state index contributed by atoms with van der Waals surface area (Å²) in [4.78, 5) is 28.8. The number of aromatic nitrogens is 5. The third-order valence-electron chi connectivity index (χ3n) is 6.34. The molecule has 0 atom stereocenters. The van der Waals surface area contributed by atoms with Crippen molar-refractivity contribution in [3.8, 4) is 16.9 Å². The van der Waals surface area contributed by atoms with Gasteiger partial charge >= 0.3 is 12.4 Å². The van der Waals surface area contributed by atoms with Crippen molar-refractivity contribution < 1.29 is 40.7 Å². The number of amides is 2. The lowest BCUT2D eigenvalue weighted by atomic mass is 10.0. The minimum absolute atomic E-state index is 0.0157. The molecule has 10 nitrogen and oxygen atoms in total. The van der Waals surface area contributed by atoms with Crippen LogP contribution in [0.4, 0.5) is 32.0 Å². The molecule has 5 rings (SSSR count). The van der Waals surface area contributed by atoms with Crippen LogP contribution in [0.3, 0.4) is 0 Å². The van der Waals surface area contributed by atoms with Crippen LogP contribution in [0.1, 0.15) is 37.1 Å². The van der Waals surface area contributed by atoms with Crippen LogP contribution in [-0.4, -0.2) is 36.4 Å². The van der Waals surface area contributed by atoms with Gasteiger partial charge in [0.1, 0.15) is 21.2 Å². The molecule has 0 aliphatic rings. The zero-order valence-electron chi connectivity index (χ0n) is 22.0. The highest BCUT2D eigenvalue weighted by atomic mass is 32.1. The number of carbonyl (C=O) groups is 2. The van der Waals surface area contributed by atoms with Gasteiger partial charge in [-0.2, -0.15) is 36.5 Å². The number of rotatable bonds is 7. The highest BCUT2D eigenvalue weighted by Gasteiger charge is 2.36. The first-order valence-electron chi connectivity index (χ1n) is 12.1. The summed E-state index contributed by atoms with van der Waals surface area (Å²) in [6.45, 7) is 1.28. The normalized spacial score (nSPS) is 12.1. The Bertz CT molecular complexity index is 1870. The lowest BCUT2D eigenvalue weighted by Crippen LogP contribution is -2.18. The summed E-state index contributed by atoms with van der Waals surface area (Å²) in [7, 11) is 1.60. The number of carbonyl (C=O) groups excluding carboxylic acids is 2. The van der Waals surface area contributed by atoms with E-state index in [1.54, 1.807) is 14.0 Å². The molecule has 0 unspecified atom stereocenters. The van der Waals surface area contributed by atoms with Gasteiger partial charge in [-0.3, -0.25) is 14.3 Å². The first-order chi connectivity index (χ1) is 20.1. The first-order valence-corrected chi connectivity index (χ1v) is 12.9. The van der Waals surface area contributed by atoms with E-state index < -0.39 is 35.4 Å². The van der Waals surface area contributed by atoms with Crippen molar-refractivity contribution in [2.24, 2.45) is 12.8 Å². The van der Waals surface area contributed by atoms with E-state index in [2.05, 4.69) is 20.5 Å². The number of pyridine rings is 1. The number of ether oxygens (including phenoxy) is 1. The predicted molar refractivity (Wildman–Crippen MR) is 142 cm³/mol. The summed E-state index contributed by atoms with van der Waals surface area (Å²) >= 11 is 0.581. The van der Waals surface area contributed by atoms with Gasteiger partial charge in [0, 0.05) is 29.9 Å². The van der Waals surface area contributed by atoms with E-state index in [1.807, 2.05) is 0 Å². The molecule has 43 heavy (non-hydrogen) atoms. The first kappa shape index (κ1) is 29.6. The molecular formula is C26H19F6N7O3S. The van der Waals surface area contributed by atoms with Crippen molar-refractivity contribution in [1.29, 1.82) is 0 Å². The fraction of sp³-hybridized carbons (Fsp3) is 0.192. The Kier molecular flexibility index (Phi) is 7.37. The van der Waals surface area contributed by atoms with Crippen LogP contribution in [0, 0.1) is 6.92 Å². The van der Waals surface area contributed by atoms with Gasteiger partial charge in [0.05, 0.1) is 17.4 Å². The third kappa shape index (κ3) is 5.88. The average molecular weight is 624 g/mol. The summed E-state index contributed by atoms with van der Waals surface area (Å²) < 4.78 is 88.1. The fourth-order valence-electron chi connectivity index (χ4n) is 4.15. The monoisotopic (exact) mass is 623 g/mol. The molecule has 0 spiro atoms. The van der Waals surface area contributed by atoms with Gasteiger partial charge in [-0.25, -0.2) is 9.67 Å². The number of nitrogens with two attached hydrogens (primary N) is 1. The molecular weight excluding hydrogens is 604 g/mol. The minimum atomic E-state index is -4.82. The van der Waals surface area contributed by atoms with Gasteiger partial charge < -0.3 is 15.8 Å². The summed E-state index contributed by atoms with van der Waals surface area (Å²) in [6.07, 6.45) is -6.71. The summed E-state index contributed by atoms with van der Waals surface area (Å²) in [5.74, 6) is -1.95. The van der Waals surface area contributed by atoms with Crippen LogP contribution in [0.25, 0.3) is 21.3 Å². The Labute approximate surface area is 241 Å². The number of nitrogens with one attached hydrogen (secondary N) is 1. The van der Waals surface area contributed by atoms with Gasteiger partial charge in [0.25, 0.3) is 11.8 Å². The number of halogens is 6. The molecule has 2 amide bonds. The van der Waals surface area contributed by atoms with E-state index in [1.165, 1.54) is 35.3 Å². The van der Waals surface area contributed by atoms with E-state index in [0.29, 0.717) is 22.6 Å². The van der Waals surface area contributed by atoms with Gasteiger partial charge in [0.2, 0.25) is 0 Å². The van der Waals surface area contributed by atoms with Crippen molar-refractivity contribution in [3.05, 3.63) is 76.3 Å². The SMILES string of the molecule is Cc1c(-c2cc(C(F)(F)F)nc3sc(C(N)=O)c(NC(=O)c4ccn(COc5cccc(C(F)(F)F)c5)n4)c23)cnn1C. The van der Waals surface area contributed by atoms with Gasteiger partial charge in [-0.15, -0.1) is 11.3 Å². The van der Waals surface area contributed by atoms with E-state index in [4.69, 9.17) is 10.5 Å². The maximum absolute atomic E-state index is 13.7. The Morgan fingerprint density at radius 2 is 1.81 bits per heavy atom. The number of aryl methyl sites for hydroxylation is 1. The lowest BCUT2D eigenvalue weighted by molar-refractivity contribution is -0.141. The number of fused-ring (bicyclic) bond motifs is 1. The molecule has 0 saturated carbocycles. The second kappa shape index (κ2) is 10.7. The Morgan fingerprint density at radius 3 is 2.44 bits per heavy atom. The van der Waals surface area contributed by atoms with Crippen LogP contribution in [0.15, 0.2) is 48.8 Å². The van der Waals surface area contributed by atoms with E-state index in [-0.39, 0.29) is 44.5 Å². The number of thiophene rings is 1. The molecule has 1 aromatic carbocycles. The lowest BCUT2D eigenvalue weighted by Gasteiger charge is -2.12. The van der Waals surface area contributed by atoms with Gasteiger partial charge in [-0.05, 0) is 42.8 Å². The van der Waals surface area contributed by atoms with Crippen molar-refractivity contribution >= 4 is 39.1 Å². The molecule has 4 aromatic heterocycles. The molecule has 224 valence electrons. The Morgan fingerprint density at radius 1 is 1.07 bits per heavy atom. The molecule has 3 N–H and O–H groups in total.